The van der Waals surface area contributed by atoms with E-state index in [2.05, 4.69) is 15.3 Å². The van der Waals surface area contributed by atoms with Gasteiger partial charge in [0.2, 0.25) is 5.91 Å². The molecule has 200 valence electrons. The number of aromatic nitrogens is 3. The third kappa shape index (κ3) is 5.30. The number of rotatable bonds is 7. The number of carboxylic acid groups (broad SMARTS) is 1. The smallest absolute Gasteiger partial charge is 0.336 e. The first-order valence-electron chi connectivity index (χ1n) is 12.7. The van der Waals surface area contributed by atoms with Crippen LogP contribution in [0.2, 0.25) is 0 Å². The fourth-order valence-corrected chi connectivity index (χ4v) is 5.38. The molecule has 0 aliphatic carbocycles. The molecule has 1 amide bonds. The first-order chi connectivity index (χ1) is 20.0. The van der Waals surface area contributed by atoms with Crippen molar-refractivity contribution < 1.29 is 14.7 Å². The number of pyridine rings is 1. The number of nitrogens with one attached hydrogen (secondary N) is 1. The molecule has 0 saturated carbocycles. The summed E-state index contributed by atoms with van der Waals surface area (Å²) in [6.07, 6.45) is 0. The number of carbonyl (C=O) groups is 2. The molecule has 8 nitrogen and oxygen atoms in total. The second-order valence-electron chi connectivity index (χ2n) is 9.18. The highest BCUT2D eigenvalue weighted by molar-refractivity contribution is 7.99. The Morgan fingerprint density at radius 2 is 1.41 bits per heavy atom. The number of carboxylic acids is 1. The Balaban J connectivity index is 1.21. The maximum absolute atomic E-state index is 13.3. The molecule has 0 atom stereocenters. The number of amides is 1. The Labute approximate surface area is 238 Å². The molecule has 2 aromatic heterocycles. The van der Waals surface area contributed by atoms with Gasteiger partial charge < -0.3 is 10.4 Å². The molecule has 41 heavy (non-hydrogen) atoms. The van der Waals surface area contributed by atoms with E-state index < -0.39 is 5.97 Å². The first kappa shape index (κ1) is 26.0. The third-order valence-corrected chi connectivity index (χ3v) is 7.44. The van der Waals surface area contributed by atoms with Gasteiger partial charge in [0.05, 0.1) is 39.1 Å². The summed E-state index contributed by atoms with van der Waals surface area (Å²) in [6, 6.07) is 32.1. The highest BCUT2D eigenvalue weighted by Crippen LogP contribution is 2.26. The van der Waals surface area contributed by atoms with E-state index in [0.717, 1.165) is 5.56 Å². The fraction of sp³-hybridized carbons (Fsp3) is 0.0312. The summed E-state index contributed by atoms with van der Waals surface area (Å²) in [6.45, 7) is 0. The monoisotopic (exact) mass is 558 g/mol. The quantitative estimate of drug-likeness (QED) is 0.182. The van der Waals surface area contributed by atoms with Crippen molar-refractivity contribution in [3.63, 3.8) is 0 Å². The lowest BCUT2D eigenvalue weighted by atomic mass is 10.0. The number of aromatic carboxylic acids is 1. The number of thioether (sulfide) groups is 1. The van der Waals surface area contributed by atoms with Gasteiger partial charge in [0, 0.05) is 16.6 Å². The average Bonchev–Trinajstić information content (AvgIpc) is 3.00. The van der Waals surface area contributed by atoms with E-state index in [-0.39, 0.29) is 22.8 Å². The maximum atomic E-state index is 13.3. The molecule has 2 heterocycles. The van der Waals surface area contributed by atoms with Crippen molar-refractivity contribution in [1.82, 2.24) is 14.5 Å². The summed E-state index contributed by atoms with van der Waals surface area (Å²) in [5.74, 6) is -1.25. The molecule has 2 N–H and O–H groups in total. The molecule has 0 bridgehead atoms. The Morgan fingerprint density at radius 1 is 0.780 bits per heavy atom. The van der Waals surface area contributed by atoms with E-state index >= 15 is 0 Å². The van der Waals surface area contributed by atoms with Crippen LogP contribution in [-0.4, -0.2) is 37.3 Å². The van der Waals surface area contributed by atoms with E-state index in [0.29, 0.717) is 44.0 Å². The zero-order valence-corrected chi connectivity index (χ0v) is 22.3. The Kier molecular flexibility index (Phi) is 7.01. The predicted octanol–water partition coefficient (Wildman–Crippen LogP) is 6.03. The summed E-state index contributed by atoms with van der Waals surface area (Å²) in [7, 11) is 0. The molecule has 0 fully saturated rings. The van der Waals surface area contributed by atoms with E-state index in [9.17, 15) is 19.5 Å². The van der Waals surface area contributed by atoms with Crippen LogP contribution >= 0.6 is 11.8 Å². The molecule has 0 unspecified atom stereocenters. The average molecular weight is 559 g/mol. The zero-order valence-electron chi connectivity index (χ0n) is 21.5. The normalized spacial score (nSPS) is 11.0. The number of nitrogens with zero attached hydrogens (tertiary/aromatic N) is 3. The van der Waals surface area contributed by atoms with Crippen molar-refractivity contribution in [3.05, 3.63) is 125 Å². The number of fused-ring (bicyclic) bond motifs is 2. The largest absolute Gasteiger partial charge is 0.478 e. The van der Waals surface area contributed by atoms with Crippen LogP contribution in [0.4, 0.5) is 5.69 Å². The number of anilines is 1. The van der Waals surface area contributed by atoms with Crippen LogP contribution in [0.5, 0.6) is 0 Å². The SMILES string of the molecule is O=C(CSc1nc2ccccc2c(=O)n1-c1ccccc1)Nc1ccc(-c2cc(C(=O)O)c3ccccc3n2)cc1. The van der Waals surface area contributed by atoms with Gasteiger partial charge in [0.1, 0.15) is 0 Å². The minimum atomic E-state index is -1.02. The third-order valence-electron chi connectivity index (χ3n) is 6.50. The van der Waals surface area contributed by atoms with E-state index in [4.69, 9.17) is 0 Å². The number of hydrogen-bond acceptors (Lipinski definition) is 6. The summed E-state index contributed by atoms with van der Waals surface area (Å²) in [4.78, 5) is 47.3. The lowest BCUT2D eigenvalue weighted by molar-refractivity contribution is -0.113. The van der Waals surface area contributed by atoms with Crippen molar-refractivity contribution in [2.75, 3.05) is 11.1 Å². The van der Waals surface area contributed by atoms with Crippen molar-refractivity contribution >= 4 is 51.1 Å². The van der Waals surface area contributed by atoms with Gasteiger partial charge in [-0.25, -0.2) is 14.8 Å². The van der Waals surface area contributed by atoms with Crippen molar-refractivity contribution in [1.29, 1.82) is 0 Å². The summed E-state index contributed by atoms with van der Waals surface area (Å²) in [5, 5.41) is 14.0. The van der Waals surface area contributed by atoms with Crippen LogP contribution in [0, 0.1) is 0 Å². The van der Waals surface area contributed by atoms with Crippen LogP contribution in [0.3, 0.4) is 0 Å². The minimum absolute atomic E-state index is 0.0353. The lowest BCUT2D eigenvalue weighted by Gasteiger charge is -2.13. The predicted molar refractivity (Wildman–Crippen MR) is 161 cm³/mol. The Morgan fingerprint density at radius 3 is 2.12 bits per heavy atom. The standard InChI is InChI=1S/C32H22N4O4S/c37-29(19-41-32-35-27-13-7-5-11-24(27)30(38)36(32)22-8-2-1-3-9-22)33-21-16-14-20(15-17-21)28-18-25(31(39)40)23-10-4-6-12-26(23)34-28/h1-18H,19H2,(H,33,37)(H,39,40). The molecule has 0 spiro atoms. The molecule has 6 rings (SSSR count). The van der Waals surface area contributed by atoms with Gasteiger partial charge in [0.15, 0.2) is 5.16 Å². The van der Waals surface area contributed by atoms with E-state index in [1.54, 1.807) is 66.7 Å². The second kappa shape index (κ2) is 11.1. The van der Waals surface area contributed by atoms with Crippen LogP contribution < -0.4 is 10.9 Å². The van der Waals surface area contributed by atoms with Gasteiger partial charge in [-0.1, -0.05) is 72.4 Å². The van der Waals surface area contributed by atoms with Gasteiger partial charge in [-0.15, -0.1) is 0 Å². The van der Waals surface area contributed by atoms with Gasteiger partial charge >= 0.3 is 5.97 Å². The van der Waals surface area contributed by atoms with Gasteiger partial charge in [0.25, 0.3) is 5.56 Å². The number of benzene rings is 4. The topological polar surface area (TPSA) is 114 Å². The summed E-state index contributed by atoms with van der Waals surface area (Å²) in [5.41, 5.74) is 3.62. The van der Waals surface area contributed by atoms with E-state index in [1.165, 1.54) is 16.3 Å². The van der Waals surface area contributed by atoms with Gasteiger partial charge in [-0.3, -0.25) is 14.2 Å². The van der Waals surface area contributed by atoms with Crippen LogP contribution in [0.25, 0.3) is 38.8 Å². The van der Waals surface area contributed by atoms with E-state index in [1.807, 2.05) is 42.5 Å². The molecule has 0 aliphatic rings. The molecule has 4 aromatic carbocycles. The molecular formula is C32H22N4O4S. The number of carbonyl (C=O) groups excluding carboxylic acids is 1. The van der Waals surface area contributed by atoms with Crippen molar-refractivity contribution in [2.24, 2.45) is 0 Å². The first-order valence-corrected chi connectivity index (χ1v) is 13.7. The summed E-state index contributed by atoms with van der Waals surface area (Å²) < 4.78 is 1.52. The van der Waals surface area contributed by atoms with Crippen molar-refractivity contribution in [3.8, 4) is 16.9 Å². The molecule has 0 radical (unpaired) electrons. The second-order valence-corrected chi connectivity index (χ2v) is 10.1. The molecule has 0 saturated heterocycles. The molecular weight excluding hydrogens is 536 g/mol. The highest BCUT2D eigenvalue weighted by Gasteiger charge is 2.16. The van der Waals surface area contributed by atoms with Gasteiger partial charge in [-0.05, 0) is 48.5 Å². The Hall–Kier alpha value is -5.28. The van der Waals surface area contributed by atoms with Crippen LogP contribution in [0.1, 0.15) is 10.4 Å². The molecule has 0 aliphatic heterocycles. The number of hydrogen-bond donors (Lipinski definition) is 2. The summed E-state index contributed by atoms with van der Waals surface area (Å²) >= 11 is 1.18. The molecule has 9 heteroatoms. The van der Waals surface area contributed by atoms with Crippen LogP contribution in [-0.2, 0) is 4.79 Å². The minimum Gasteiger partial charge on any atom is -0.478 e. The zero-order chi connectivity index (χ0) is 28.3. The highest BCUT2D eigenvalue weighted by atomic mass is 32.2. The van der Waals surface area contributed by atoms with Crippen molar-refractivity contribution in [2.45, 2.75) is 5.16 Å². The number of para-hydroxylation sites is 3. The lowest BCUT2D eigenvalue weighted by Crippen LogP contribution is -2.22. The maximum Gasteiger partial charge on any atom is 0.336 e. The molecule has 6 aromatic rings. The van der Waals surface area contributed by atoms with Crippen LogP contribution in [0.15, 0.2) is 119 Å². The fourth-order valence-electron chi connectivity index (χ4n) is 4.57. The Bertz CT molecular complexity index is 1990. The van der Waals surface area contributed by atoms with Gasteiger partial charge in [-0.2, -0.15) is 0 Å².